The fourth-order valence-electron chi connectivity index (χ4n) is 4.08. The van der Waals surface area contributed by atoms with Gasteiger partial charge in [0.15, 0.2) is 0 Å². The smallest absolute Gasteiger partial charge is 0.415 e. The number of rotatable bonds is 2. The fraction of sp³-hybridized carbons (Fsp3) is 0.478. The molecular weight excluding hydrogens is 404 g/mol. The summed E-state index contributed by atoms with van der Waals surface area (Å²) in [6.07, 6.45) is -0.961. The second-order valence-electron chi connectivity index (χ2n) is 9.00. The maximum atomic E-state index is 14.3. The lowest BCUT2D eigenvalue weighted by molar-refractivity contribution is -0.0327. The highest BCUT2D eigenvalue weighted by Gasteiger charge is 2.44. The van der Waals surface area contributed by atoms with Crippen LogP contribution in [-0.4, -0.2) is 36.3 Å². The van der Waals surface area contributed by atoms with Gasteiger partial charge in [-0.1, -0.05) is 12.1 Å². The predicted molar refractivity (Wildman–Crippen MR) is 114 cm³/mol. The standard InChI is InChI=1S/C23H27F2N3O3/c1-22(2,3)31-21(29)28-14-15-5-4-10-26-19(15)27-17-7-6-16(13-18(17)28)23(20(24)25)8-11-30-12-9-23/h4-7,10,13,20H,8-9,11-12,14H2,1-3H3,(H,26,27). The zero-order valence-electron chi connectivity index (χ0n) is 18.0. The number of amides is 1. The molecule has 0 radical (unpaired) electrons. The normalized spacial score (nSPS) is 17.9. The van der Waals surface area contributed by atoms with Crippen molar-refractivity contribution in [1.29, 1.82) is 0 Å². The summed E-state index contributed by atoms with van der Waals surface area (Å²) >= 11 is 0. The average Bonchev–Trinajstić information content (AvgIpc) is 2.89. The Kier molecular flexibility index (Phi) is 5.60. The Morgan fingerprint density at radius 3 is 2.68 bits per heavy atom. The van der Waals surface area contributed by atoms with Crippen LogP contribution < -0.4 is 10.2 Å². The van der Waals surface area contributed by atoms with Crippen molar-refractivity contribution in [3.8, 4) is 0 Å². The van der Waals surface area contributed by atoms with Gasteiger partial charge < -0.3 is 14.8 Å². The second-order valence-corrected chi connectivity index (χ2v) is 9.00. The van der Waals surface area contributed by atoms with Crippen LogP contribution >= 0.6 is 0 Å². The molecule has 3 heterocycles. The number of carbonyl (C=O) groups is 1. The number of pyridine rings is 1. The molecule has 4 rings (SSSR count). The maximum Gasteiger partial charge on any atom is 0.415 e. The molecule has 0 spiro atoms. The highest BCUT2D eigenvalue weighted by atomic mass is 19.3. The molecular formula is C23H27F2N3O3. The minimum absolute atomic E-state index is 0.215. The molecule has 1 N–H and O–H groups in total. The molecule has 0 saturated carbocycles. The lowest BCUT2D eigenvalue weighted by Gasteiger charge is -2.37. The van der Waals surface area contributed by atoms with Gasteiger partial charge in [0, 0.05) is 25.0 Å². The molecule has 31 heavy (non-hydrogen) atoms. The first-order valence-corrected chi connectivity index (χ1v) is 10.4. The SMILES string of the molecule is CC(C)(C)OC(=O)N1Cc2cccnc2Nc2ccc(C3(C(F)F)CCOCC3)cc21. The fourth-order valence-corrected chi connectivity index (χ4v) is 4.08. The molecule has 1 saturated heterocycles. The Labute approximate surface area is 180 Å². The van der Waals surface area contributed by atoms with Crippen molar-refractivity contribution in [1.82, 2.24) is 4.98 Å². The molecule has 0 aliphatic carbocycles. The minimum atomic E-state index is -2.54. The third-order valence-electron chi connectivity index (χ3n) is 5.75. The molecule has 0 unspecified atom stereocenters. The summed E-state index contributed by atoms with van der Waals surface area (Å²) in [6, 6.07) is 8.81. The average molecular weight is 431 g/mol. The van der Waals surface area contributed by atoms with Crippen LogP contribution in [0.25, 0.3) is 0 Å². The van der Waals surface area contributed by atoms with E-state index in [1.54, 1.807) is 51.2 Å². The number of alkyl halides is 2. The number of hydrogen-bond acceptors (Lipinski definition) is 5. The van der Waals surface area contributed by atoms with Gasteiger partial charge in [-0.05, 0) is 57.4 Å². The van der Waals surface area contributed by atoms with Gasteiger partial charge in [0.2, 0.25) is 6.43 Å². The second kappa shape index (κ2) is 8.07. The number of anilines is 3. The number of nitrogens with zero attached hydrogens (tertiary/aromatic N) is 2. The number of carbonyl (C=O) groups excluding carboxylic acids is 1. The van der Waals surface area contributed by atoms with E-state index in [1.165, 1.54) is 4.90 Å². The van der Waals surface area contributed by atoms with E-state index < -0.39 is 23.5 Å². The molecule has 166 valence electrons. The third kappa shape index (κ3) is 4.21. The first-order valence-electron chi connectivity index (χ1n) is 10.4. The lowest BCUT2D eigenvalue weighted by atomic mass is 9.74. The largest absolute Gasteiger partial charge is 0.443 e. The molecule has 1 aromatic carbocycles. The lowest BCUT2D eigenvalue weighted by Crippen LogP contribution is -2.41. The van der Waals surface area contributed by atoms with Gasteiger partial charge in [0.1, 0.15) is 11.4 Å². The highest BCUT2D eigenvalue weighted by molar-refractivity contribution is 5.94. The van der Waals surface area contributed by atoms with Crippen LogP contribution in [0.3, 0.4) is 0 Å². The van der Waals surface area contributed by atoms with Crippen LogP contribution in [0.15, 0.2) is 36.5 Å². The minimum Gasteiger partial charge on any atom is -0.443 e. The van der Waals surface area contributed by atoms with Crippen LogP contribution in [0.5, 0.6) is 0 Å². The van der Waals surface area contributed by atoms with Gasteiger partial charge in [-0.15, -0.1) is 0 Å². The van der Waals surface area contributed by atoms with E-state index in [0.29, 0.717) is 22.8 Å². The Balaban J connectivity index is 1.82. The topological polar surface area (TPSA) is 63.7 Å². The van der Waals surface area contributed by atoms with E-state index in [-0.39, 0.29) is 32.6 Å². The van der Waals surface area contributed by atoms with Gasteiger partial charge in [-0.3, -0.25) is 4.90 Å². The van der Waals surface area contributed by atoms with E-state index in [1.807, 2.05) is 6.07 Å². The summed E-state index contributed by atoms with van der Waals surface area (Å²) in [5.74, 6) is 0.622. The highest BCUT2D eigenvalue weighted by Crippen LogP contribution is 2.44. The van der Waals surface area contributed by atoms with Crippen LogP contribution in [-0.2, 0) is 21.4 Å². The van der Waals surface area contributed by atoms with Gasteiger partial charge in [-0.2, -0.15) is 0 Å². The number of ether oxygens (including phenoxy) is 2. The third-order valence-corrected chi connectivity index (χ3v) is 5.75. The summed E-state index contributed by atoms with van der Waals surface area (Å²) < 4.78 is 39.5. The molecule has 2 aliphatic rings. The van der Waals surface area contributed by atoms with Crippen LogP contribution in [0, 0.1) is 0 Å². The number of benzene rings is 1. The first kappa shape index (κ1) is 21.5. The van der Waals surface area contributed by atoms with E-state index in [0.717, 1.165) is 5.56 Å². The molecule has 2 aromatic rings. The van der Waals surface area contributed by atoms with Crippen LogP contribution in [0.4, 0.5) is 30.8 Å². The number of hydrogen-bond donors (Lipinski definition) is 1. The van der Waals surface area contributed by atoms with E-state index >= 15 is 0 Å². The van der Waals surface area contributed by atoms with Crippen LogP contribution in [0.2, 0.25) is 0 Å². The van der Waals surface area contributed by atoms with Gasteiger partial charge in [0.05, 0.1) is 23.3 Å². The van der Waals surface area contributed by atoms with Crippen molar-refractivity contribution < 1.29 is 23.0 Å². The van der Waals surface area contributed by atoms with Crippen molar-refractivity contribution in [2.24, 2.45) is 0 Å². The molecule has 1 fully saturated rings. The zero-order valence-corrected chi connectivity index (χ0v) is 18.0. The van der Waals surface area contributed by atoms with E-state index in [4.69, 9.17) is 9.47 Å². The molecule has 2 aliphatic heterocycles. The van der Waals surface area contributed by atoms with Gasteiger partial charge in [0.25, 0.3) is 0 Å². The Morgan fingerprint density at radius 2 is 2.00 bits per heavy atom. The van der Waals surface area contributed by atoms with Crippen molar-refractivity contribution in [3.05, 3.63) is 47.7 Å². The molecule has 1 aromatic heterocycles. The molecule has 6 nitrogen and oxygen atoms in total. The van der Waals surface area contributed by atoms with E-state index in [2.05, 4.69) is 10.3 Å². The molecule has 8 heteroatoms. The number of nitrogens with one attached hydrogen (secondary N) is 1. The molecule has 0 atom stereocenters. The Hall–Kier alpha value is -2.74. The Morgan fingerprint density at radius 1 is 1.26 bits per heavy atom. The summed E-state index contributed by atoms with van der Waals surface area (Å²) in [5.41, 5.74) is 0.418. The number of fused-ring (bicyclic) bond motifs is 2. The Bertz CT molecular complexity index is 969. The monoisotopic (exact) mass is 431 g/mol. The number of aromatic nitrogens is 1. The summed E-state index contributed by atoms with van der Waals surface area (Å²) in [6.45, 7) is 6.16. The maximum absolute atomic E-state index is 14.3. The first-order chi connectivity index (χ1) is 14.7. The summed E-state index contributed by atoms with van der Waals surface area (Å²) in [5, 5.41) is 3.25. The van der Waals surface area contributed by atoms with Crippen molar-refractivity contribution in [2.45, 2.75) is 57.6 Å². The quantitative estimate of drug-likeness (QED) is 0.690. The van der Waals surface area contributed by atoms with E-state index in [9.17, 15) is 13.6 Å². The van der Waals surface area contributed by atoms with Gasteiger partial charge in [-0.25, -0.2) is 18.6 Å². The van der Waals surface area contributed by atoms with Gasteiger partial charge >= 0.3 is 6.09 Å². The molecule has 1 amide bonds. The van der Waals surface area contributed by atoms with Crippen molar-refractivity contribution in [2.75, 3.05) is 23.4 Å². The van der Waals surface area contributed by atoms with Crippen LogP contribution in [0.1, 0.15) is 44.7 Å². The number of halogens is 2. The summed E-state index contributed by atoms with van der Waals surface area (Å²) in [4.78, 5) is 19.0. The predicted octanol–water partition coefficient (Wildman–Crippen LogP) is 5.39. The molecule has 0 bridgehead atoms. The van der Waals surface area contributed by atoms with Crippen molar-refractivity contribution >= 4 is 23.3 Å². The summed E-state index contributed by atoms with van der Waals surface area (Å²) in [7, 11) is 0. The van der Waals surface area contributed by atoms with Crippen molar-refractivity contribution in [3.63, 3.8) is 0 Å². The zero-order chi connectivity index (χ0) is 22.2.